The van der Waals surface area contributed by atoms with Crippen LogP contribution in [0.15, 0.2) is 30.3 Å². The maximum Gasteiger partial charge on any atom is 0.313 e. The first-order valence-corrected chi connectivity index (χ1v) is 7.96. The van der Waals surface area contributed by atoms with Gasteiger partial charge in [-0.2, -0.15) is 0 Å². The van der Waals surface area contributed by atoms with Gasteiger partial charge in [0.05, 0.1) is 11.7 Å². The molecule has 108 valence electrons. The van der Waals surface area contributed by atoms with Crippen LogP contribution in [0, 0.1) is 5.92 Å². The third kappa shape index (κ3) is 4.56. The van der Waals surface area contributed by atoms with Gasteiger partial charge in [0.15, 0.2) is 0 Å². The Labute approximate surface area is 123 Å². The van der Waals surface area contributed by atoms with Crippen LogP contribution in [0.1, 0.15) is 24.3 Å². The van der Waals surface area contributed by atoms with Crippen molar-refractivity contribution in [3.63, 3.8) is 0 Å². The van der Waals surface area contributed by atoms with Crippen molar-refractivity contribution in [2.75, 3.05) is 18.1 Å². The molecule has 0 heterocycles. The molecule has 0 radical (unpaired) electrons. The molecule has 0 spiro atoms. The van der Waals surface area contributed by atoms with E-state index >= 15 is 0 Å². The van der Waals surface area contributed by atoms with Crippen molar-refractivity contribution in [1.82, 2.24) is 5.32 Å². The average molecular weight is 293 g/mol. The van der Waals surface area contributed by atoms with E-state index in [1.807, 2.05) is 30.3 Å². The Balaban J connectivity index is 1.81. The molecule has 1 unspecified atom stereocenters. The Morgan fingerprint density at radius 2 is 2.00 bits per heavy atom. The largest absolute Gasteiger partial charge is 0.481 e. The molecule has 1 amide bonds. The summed E-state index contributed by atoms with van der Waals surface area (Å²) in [6, 6.07) is 9.87. The minimum Gasteiger partial charge on any atom is -0.481 e. The molecule has 4 nitrogen and oxygen atoms in total. The molecule has 0 aliphatic heterocycles. The normalized spacial score (nSPS) is 15.6. The summed E-state index contributed by atoms with van der Waals surface area (Å²) in [6.45, 7) is 0.521. The third-order valence-electron chi connectivity index (χ3n) is 3.31. The standard InChI is InChI=1S/C15H19NO3S/c17-13(18)10-20-9-8-16-15(19)14(12-6-7-12)11-4-2-1-3-5-11/h1-5,12,14H,6-10H2,(H,16,19)(H,17,18). The van der Waals surface area contributed by atoms with E-state index in [-0.39, 0.29) is 17.6 Å². The first kappa shape index (κ1) is 14.9. The van der Waals surface area contributed by atoms with Crippen LogP contribution in [0.3, 0.4) is 0 Å². The Morgan fingerprint density at radius 1 is 1.30 bits per heavy atom. The summed E-state index contributed by atoms with van der Waals surface area (Å²) >= 11 is 1.32. The maximum absolute atomic E-state index is 12.3. The number of thioether (sulfide) groups is 1. The lowest BCUT2D eigenvalue weighted by atomic mass is 9.93. The number of rotatable bonds is 8. The Morgan fingerprint density at radius 3 is 2.60 bits per heavy atom. The molecule has 1 fully saturated rings. The fourth-order valence-electron chi connectivity index (χ4n) is 2.24. The zero-order valence-electron chi connectivity index (χ0n) is 11.2. The van der Waals surface area contributed by atoms with Crippen LogP contribution in [0.25, 0.3) is 0 Å². The number of nitrogens with one attached hydrogen (secondary N) is 1. The van der Waals surface area contributed by atoms with E-state index in [0.29, 0.717) is 18.2 Å². The van der Waals surface area contributed by atoms with Gasteiger partial charge in [-0.25, -0.2) is 0 Å². The third-order valence-corrected chi connectivity index (χ3v) is 4.25. The van der Waals surface area contributed by atoms with E-state index in [1.54, 1.807) is 0 Å². The molecule has 1 saturated carbocycles. The van der Waals surface area contributed by atoms with Gasteiger partial charge in [0.1, 0.15) is 0 Å². The fraction of sp³-hybridized carbons (Fsp3) is 0.467. The highest BCUT2D eigenvalue weighted by atomic mass is 32.2. The van der Waals surface area contributed by atoms with Gasteiger partial charge in [0.2, 0.25) is 5.91 Å². The Bertz CT molecular complexity index is 459. The van der Waals surface area contributed by atoms with E-state index in [0.717, 1.165) is 18.4 Å². The molecule has 1 atom stereocenters. The Hall–Kier alpha value is -1.49. The number of carbonyl (C=O) groups is 2. The summed E-state index contributed by atoms with van der Waals surface area (Å²) in [6.07, 6.45) is 2.22. The lowest BCUT2D eigenvalue weighted by molar-refractivity contribution is -0.133. The number of hydrogen-bond acceptors (Lipinski definition) is 3. The van der Waals surface area contributed by atoms with Crippen LogP contribution in [0.2, 0.25) is 0 Å². The first-order chi connectivity index (χ1) is 9.68. The highest BCUT2D eigenvalue weighted by Crippen LogP contribution is 2.42. The summed E-state index contributed by atoms with van der Waals surface area (Å²) in [5, 5.41) is 11.5. The second-order valence-electron chi connectivity index (χ2n) is 4.96. The molecular weight excluding hydrogens is 274 g/mol. The van der Waals surface area contributed by atoms with E-state index in [2.05, 4.69) is 5.32 Å². The van der Waals surface area contributed by atoms with E-state index < -0.39 is 5.97 Å². The number of hydrogen-bond donors (Lipinski definition) is 2. The number of aliphatic carboxylic acids is 1. The van der Waals surface area contributed by atoms with Crippen molar-refractivity contribution in [1.29, 1.82) is 0 Å². The number of benzene rings is 1. The number of carboxylic acid groups (broad SMARTS) is 1. The van der Waals surface area contributed by atoms with Crippen molar-refractivity contribution in [2.45, 2.75) is 18.8 Å². The van der Waals surface area contributed by atoms with Gasteiger partial charge in [-0.1, -0.05) is 30.3 Å². The molecule has 2 rings (SSSR count). The van der Waals surface area contributed by atoms with Crippen LogP contribution >= 0.6 is 11.8 Å². The molecule has 5 heteroatoms. The summed E-state index contributed by atoms with van der Waals surface area (Å²) in [7, 11) is 0. The zero-order chi connectivity index (χ0) is 14.4. The van der Waals surface area contributed by atoms with Crippen molar-refractivity contribution in [3.05, 3.63) is 35.9 Å². The van der Waals surface area contributed by atoms with Gasteiger partial charge in [-0.15, -0.1) is 11.8 Å². The van der Waals surface area contributed by atoms with Gasteiger partial charge in [-0.3, -0.25) is 9.59 Å². The summed E-state index contributed by atoms with van der Waals surface area (Å²) < 4.78 is 0. The molecule has 0 saturated heterocycles. The topological polar surface area (TPSA) is 66.4 Å². The van der Waals surface area contributed by atoms with Crippen molar-refractivity contribution < 1.29 is 14.7 Å². The zero-order valence-corrected chi connectivity index (χ0v) is 12.1. The summed E-state index contributed by atoms with van der Waals surface area (Å²) in [4.78, 5) is 22.7. The predicted octanol–water partition coefficient (Wildman–Crippen LogP) is 2.11. The molecule has 0 aromatic heterocycles. The van der Waals surface area contributed by atoms with Crippen LogP contribution in [0.4, 0.5) is 0 Å². The maximum atomic E-state index is 12.3. The SMILES string of the molecule is O=C(O)CSCCNC(=O)C(c1ccccc1)C1CC1. The van der Waals surface area contributed by atoms with Crippen molar-refractivity contribution in [2.24, 2.45) is 5.92 Å². The fourth-order valence-corrected chi connectivity index (χ4v) is 2.81. The molecule has 1 aliphatic rings. The van der Waals surface area contributed by atoms with Gasteiger partial charge >= 0.3 is 5.97 Å². The minimum atomic E-state index is -0.818. The highest BCUT2D eigenvalue weighted by molar-refractivity contribution is 7.99. The van der Waals surface area contributed by atoms with Crippen molar-refractivity contribution >= 4 is 23.6 Å². The second kappa shape index (κ2) is 7.33. The molecular formula is C15H19NO3S. The van der Waals surface area contributed by atoms with Gasteiger partial charge in [-0.05, 0) is 24.3 Å². The van der Waals surface area contributed by atoms with E-state index in [1.165, 1.54) is 11.8 Å². The quantitative estimate of drug-likeness (QED) is 0.721. The van der Waals surface area contributed by atoms with Crippen LogP contribution in [-0.2, 0) is 9.59 Å². The summed E-state index contributed by atoms with van der Waals surface area (Å²) in [5.74, 6) is 0.367. The molecule has 1 aromatic rings. The second-order valence-corrected chi connectivity index (χ2v) is 6.07. The number of carbonyl (C=O) groups excluding carboxylic acids is 1. The van der Waals surface area contributed by atoms with Crippen molar-refractivity contribution in [3.8, 4) is 0 Å². The van der Waals surface area contributed by atoms with Crippen LogP contribution < -0.4 is 5.32 Å². The minimum absolute atomic E-state index is 0.0549. The van der Waals surface area contributed by atoms with Crippen LogP contribution in [-0.4, -0.2) is 35.0 Å². The lowest BCUT2D eigenvalue weighted by Gasteiger charge is -2.16. The molecule has 2 N–H and O–H groups in total. The number of amides is 1. The summed E-state index contributed by atoms with van der Waals surface area (Å²) in [5.41, 5.74) is 1.07. The van der Waals surface area contributed by atoms with E-state index in [9.17, 15) is 9.59 Å². The smallest absolute Gasteiger partial charge is 0.313 e. The monoisotopic (exact) mass is 293 g/mol. The van der Waals surface area contributed by atoms with Crippen LogP contribution in [0.5, 0.6) is 0 Å². The highest BCUT2D eigenvalue weighted by Gasteiger charge is 2.36. The first-order valence-electron chi connectivity index (χ1n) is 6.80. The average Bonchev–Trinajstić information content (AvgIpc) is 3.24. The van der Waals surface area contributed by atoms with Gasteiger partial charge in [0, 0.05) is 12.3 Å². The Kier molecular flexibility index (Phi) is 5.47. The van der Waals surface area contributed by atoms with Gasteiger partial charge < -0.3 is 10.4 Å². The molecule has 1 aliphatic carbocycles. The molecule has 1 aromatic carbocycles. The van der Waals surface area contributed by atoms with E-state index in [4.69, 9.17) is 5.11 Å². The lowest BCUT2D eigenvalue weighted by Crippen LogP contribution is -2.32. The molecule has 20 heavy (non-hydrogen) atoms. The molecule has 0 bridgehead atoms. The number of carboxylic acids is 1. The predicted molar refractivity (Wildman–Crippen MR) is 79.9 cm³/mol. The van der Waals surface area contributed by atoms with Gasteiger partial charge in [0.25, 0.3) is 0 Å².